The van der Waals surface area contributed by atoms with Crippen LogP contribution in [0, 0.1) is 0 Å². The summed E-state index contributed by atoms with van der Waals surface area (Å²) in [6.45, 7) is 0.887. The first kappa shape index (κ1) is 12.2. The number of aliphatic hydroxyl groups excluding tert-OH is 1. The van der Waals surface area contributed by atoms with Gasteiger partial charge in [-0.2, -0.15) is 0 Å². The molecule has 1 N–H and O–H groups in total. The second-order valence-corrected chi connectivity index (χ2v) is 4.53. The lowest BCUT2D eigenvalue weighted by Gasteiger charge is -2.20. The Kier molecular flexibility index (Phi) is 3.21. The van der Waals surface area contributed by atoms with Gasteiger partial charge in [0.15, 0.2) is 11.5 Å². The number of aliphatic hydroxyl groups is 1. The minimum Gasteiger partial charge on any atom is -0.501 e. The van der Waals surface area contributed by atoms with Gasteiger partial charge in [-0.3, -0.25) is 0 Å². The Morgan fingerprint density at radius 3 is 2.95 bits per heavy atom. The van der Waals surface area contributed by atoms with Crippen LogP contribution in [0.3, 0.4) is 0 Å². The lowest BCUT2D eigenvalue weighted by molar-refractivity contribution is 0.168. The molecule has 0 radical (unpaired) electrons. The van der Waals surface area contributed by atoms with Crippen molar-refractivity contribution in [3.63, 3.8) is 0 Å². The molecule has 19 heavy (non-hydrogen) atoms. The topological polar surface area (TPSA) is 57.2 Å². The van der Waals surface area contributed by atoms with Crippen LogP contribution in [0.25, 0.3) is 0 Å². The maximum absolute atomic E-state index is 10.4. The molecule has 0 aliphatic carbocycles. The van der Waals surface area contributed by atoms with E-state index in [9.17, 15) is 5.11 Å². The summed E-state index contributed by atoms with van der Waals surface area (Å²) in [7, 11) is 1.57. The van der Waals surface area contributed by atoms with Crippen LogP contribution >= 0.6 is 0 Å². The van der Waals surface area contributed by atoms with Crippen LogP contribution in [0.5, 0.6) is 17.2 Å². The van der Waals surface area contributed by atoms with Gasteiger partial charge < -0.3 is 24.1 Å². The van der Waals surface area contributed by atoms with Gasteiger partial charge in [0.25, 0.3) is 0 Å². The molecule has 1 aromatic carbocycles. The van der Waals surface area contributed by atoms with Crippen molar-refractivity contribution in [3.05, 3.63) is 29.5 Å². The Hall–Kier alpha value is -1.88. The normalized spacial score (nSPS) is 18.5. The predicted octanol–water partition coefficient (Wildman–Crippen LogP) is 2.15. The highest BCUT2D eigenvalue weighted by Gasteiger charge is 2.24. The van der Waals surface area contributed by atoms with E-state index in [-0.39, 0.29) is 6.79 Å². The molecule has 0 bridgehead atoms. The number of ether oxygens (including phenoxy) is 4. The smallest absolute Gasteiger partial charge is 0.231 e. The monoisotopic (exact) mass is 264 g/mol. The molecule has 0 saturated carbocycles. The largest absolute Gasteiger partial charge is 0.501 e. The van der Waals surface area contributed by atoms with Crippen molar-refractivity contribution in [1.29, 1.82) is 0 Å². The highest BCUT2D eigenvalue weighted by Crippen LogP contribution is 2.44. The summed E-state index contributed by atoms with van der Waals surface area (Å²) >= 11 is 0. The first-order chi connectivity index (χ1) is 9.29. The van der Waals surface area contributed by atoms with Crippen LogP contribution in [0.4, 0.5) is 0 Å². The standard InChI is InChI=1S/C14H16O5/c1-16-11-5-10(6-12-14(11)19-8-18-12)13(15)9-3-2-4-17-7-9/h5-7,13,15H,2-4,8H2,1H3. The molecular weight excluding hydrogens is 248 g/mol. The lowest BCUT2D eigenvalue weighted by atomic mass is 9.97. The fourth-order valence-electron chi connectivity index (χ4n) is 2.31. The van der Waals surface area contributed by atoms with E-state index in [1.807, 2.05) is 0 Å². The zero-order chi connectivity index (χ0) is 13.2. The highest BCUT2D eigenvalue weighted by atomic mass is 16.7. The Bertz CT molecular complexity index is 509. The van der Waals surface area contributed by atoms with Gasteiger partial charge in [0, 0.05) is 0 Å². The van der Waals surface area contributed by atoms with E-state index < -0.39 is 6.10 Å². The molecule has 0 spiro atoms. The van der Waals surface area contributed by atoms with Crippen LogP contribution in [-0.2, 0) is 4.74 Å². The molecule has 5 heteroatoms. The van der Waals surface area contributed by atoms with Crippen LogP contribution in [0.2, 0.25) is 0 Å². The SMILES string of the molecule is COc1cc(C(O)C2=COCCC2)cc2c1OCO2. The molecule has 102 valence electrons. The van der Waals surface area contributed by atoms with Gasteiger partial charge in [0.1, 0.15) is 6.10 Å². The van der Waals surface area contributed by atoms with E-state index in [1.165, 1.54) is 0 Å². The minimum atomic E-state index is -0.705. The first-order valence-electron chi connectivity index (χ1n) is 6.25. The van der Waals surface area contributed by atoms with E-state index >= 15 is 0 Å². The Labute approximate surface area is 111 Å². The predicted molar refractivity (Wildman–Crippen MR) is 67.3 cm³/mol. The van der Waals surface area contributed by atoms with Crippen LogP contribution in [0.1, 0.15) is 24.5 Å². The number of rotatable bonds is 3. The minimum absolute atomic E-state index is 0.178. The third-order valence-electron chi connectivity index (χ3n) is 3.31. The van der Waals surface area contributed by atoms with Gasteiger partial charge in [-0.15, -0.1) is 0 Å². The van der Waals surface area contributed by atoms with E-state index in [0.29, 0.717) is 23.9 Å². The molecule has 1 aromatic rings. The third kappa shape index (κ3) is 2.21. The molecule has 1 atom stereocenters. The second-order valence-electron chi connectivity index (χ2n) is 4.53. The Morgan fingerprint density at radius 2 is 2.21 bits per heavy atom. The van der Waals surface area contributed by atoms with E-state index in [0.717, 1.165) is 24.0 Å². The molecule has 5 nitrogen and oxygen atoms in total. The summed E-state index contributed by atoms with van der Waals surface area (Å²) < 4.78 is 21.2. The Balaban J connectivity index is 1.94. The number of fused-ring (bicyclic) bond motifs is 1. The first-order valence-corrected chi connectivity index (χ1v) is 6.25. The van der Waals surface area contributed by atoms with E-state index in [1.54, 1.807) is 25.5 Å². The zero-order valence-electron chi connectivity index (χ0n) is 10.7. The quantitative estimate of drug-likeness (QED) is 0.906. The molecule has 0 amide bonds. The molecule has 0 fully saturated rings. The fourth-order valence-corrected chi connectivity index (χ4v) is 2.31. The van der Waals surface area contributed by atoms with Crippen molar-refractivity contribution < 1.29 is 24.1 Å². The summed E-state index contributed by atoms with van der Waals surface area (Å²) in [5.41, 5.74) is 1.59. The fraction of sp³-hybridized carbons (Fsp3) is 0.429. The molecule has 0 saturated heterocycles. The maximum atomic E-state index is 10.4. The summed E-state index contributed by atoms with van der Waals surface area (Å²) in [5, 5.41) is 10.4. The van der Waals surface area contributed by atoms with Crippen molar-refractivity contribution >= 4 is 0 Å². The van der Waals surface area contributed by atoms with Crippen molar-refractivity contribution in [1.82, 2.24) is 0 Å². The van der Waals surface area contributed by atoms with E-state index in [2.05, 4.69) is 0 Å². The summed E-state index contributed by atoms with van der Waals surface area (Å²) in [4.78, 5) is 0. The number of benzene rings is 1. The van der Waals surface area contributed by atoms with Gasteiger partial charge in [0.05, 0.1) is 20.0 Å². The lowest BCUT2D eigenvalue weighted by Crippen LogP contribution is -2.08. The molecule has 1 unspecified atom stereocenters. The highest BCUT2D eigenvalue weighted by molar-refractivity contribution is 5.56. The molecule has 2 aliphatic heterocycles. The summed E-state index contributed by atoms with van der Waals surface area (Å²) in [5.74, 6) is 1.76. The average Bonchev–Trinajstić information content (AvgIpc) is 2.94. The van der Waals surface area contributed by atoms with Crippen molar-refractivity contribution in [2.24, 2.45) is 0 Å². The molecular formula is C14H16O5. The van der Waals surface area contributed by atoms with Crippen molar-refractivity contribution in [3.8, 4) is 17.2 Å². The van der Waals surface area contributed by atoms with Gasteiger partial charge in [0.2, 0.25) is 12.5 Å². The Morgan fingerprint density at radius 1 is 1.32 bits per heavy atom. The van der Waals surface area contributed by atoms with Crippen LogP contribution in [-0.4, -0.2) is 25.6 Å². The van der Waals surface area contributed by atoms with Crippen LogP contribution < -0.4 is 14.2 Å². The second kappa shape index (κ2) is 5.01. The molecule has 3 rings (SSSR count). The van der Waals surface area contributed by atoms with E-state index in [4.69, 9.17) is 18.9 Å². The molecule has 2 aliphatic rings. The molecule has 2 heterocycles. The zero-order valence-corrected chi connectivity index (χ0v) is 10.7. The average molecular weight is 264 g/mol. The summed E-state index contributed by atoms with van der Waals surface area (Å²) in [6.07, 6.45) is 2.69. The van der Waals surface area contributed by atoms with Gasteiger partial charge >= 0.3 is 0 Å². The summed E-state index contributed by atoms with van der Waals surface area (Å²) in [6, 6.07) is 3.55. The molecule has 0 aromatic heterocycles. The van der Waals surface area contributed by atoms with Gasteiger partial charge in [-0.1, -0.05) is 0 Å². The number of methoxy groups -OCH3 is 1. The van der Waals surface area contributed by atoms with Crippen LogP contribution in [0.15, 0.2) is 24.0 Å². The van der Waals surface area contributed by atoms with Crippen molar-refractivity contribution in [2.45, 2.75) is 18.9 Å². The maximum Gasteiger partial charge on any atom is 0.231 e. The van der Waals surface area contributed by atoms with Gasteiger partial charge in [-0.05, 0) is 36.1 Å². The third-order valence-corrected chi connectivity index (χ3v) is 3.31. The van der Waals surface area contributed by atoms with Crippen molar-refractivity contribution in [2.75, 3.05) is 20.5 Å². The number of hydrogen-bond donors (Lipinski definition) is 1. The number of hydrogen-bond acceptors (Lipinski definition) is 5. The van der Waals surface area contributed by atoms with Gasteiger partial charge in [-0.25, -0.2) is 0 Å².